The third-order valence-corrected chi connectivity index (χ3v) is 4.41. The highest BCUT2D eigenvalue weighted by Gasteiger charge is 2.23. The Labute approximate surface area is 124 Å². The van der Waals surface area contributed by atoms with E-state index in [1.807, 2.05) is 13.0 Å². The molecule has 0 aliphatic rings. The smallest absolute Gasteiger partial charge is 0.242 e. The maximum absolute atomic E-state index is 12.3. The van der Waals surface area contributed by atoms with Crippen molar-refractivity contribution in [2.75, 3.05) is 13.7 Å². The molecule has 1 N–H and O–H groups in total. The predicted molar refractivity (Wildman–Crippen MR) is 77.3 cm³/mol. The average Bonchev–Trinajstić information content (AvgIpc) is 2.96. The van der Waals surface area contributed by atoms with E-state index in [9.17, 15) is 8.42 Å². The molecular weight excluding hydrogens is 292 g/mol. The molecule has 0 aliphatic carbocycles. The minimum atomic E-state index is -3.68. The van der Waals surface area contributed by atoms with Crippen LogP contribution in [0.5, 0.6) is 0 Å². The van der Waals surface area contributed by atoms with Crippen LogP contribution in [0.1, 0.15) is 24.5 Å². The van der Waals surface area contributed by atoms with E-state index >= 15 is 0 Å². The van der Waals surface area contributed by atoms with Gasteiger partial charge in [-0.3, -0.25) is 4.98 Å². The first kappa shape index (κ1) is 15.7. The Morgan fingerprint density at radius 1 is 1.38 bits per heavy atom. The molecule has 2 rings (SSSR count). The van der Waals surface area contributed by atoms with Gasteiger partial charge in [-0.25, -0.2) is 8.42 Å². The van der Waals surface area contributed by atoms with Gasteiger partial charge in [0.15, 0.2) is 0 Å². The summed E-state index contributed by atoms with van der Waals surface area (Å²) in [6.45, 7) is 2.14. The van der Waals surface area contributed by atoms with Crippen molar-refractivity contribution in [3.05, 3.63) is 48.2 Å². The molecule has 114 valence electrons. The number of nitrogens with zero attached hydrogens (tertiary/aromatic N) is 1. The van der Waals surface area contributed by atoms with Gasteiger partial charge in [-0.1, -0.05) is 6.92 Å². The van der Waals surface area contributed by atoms with E-state index in [-0.39, 0.29) is 11.5 Å². The number of ether oxygens (including phenoxy) is 1. The van der Waals surface area contributed by atoms with Crippen molar-refractivity contribution in [1.82, 2.24) is 9.71 Å². The van der Waals surface area contributed by atoms with Crippen LogP contribution < -0.4 is 4.72 Å². The van der Waals surface area contributed by atoms with Gasteiger partial charge in [-0.2, -0.15) is 4.72 Å². The van der Waals surface area contributed by atoms with Crippen LogP contribution in [0.2, 0.25) is 0 Å². The number of hydrogen-bond acceptors (Lipinski definition) is 5. The molecule has 0 saturated heterocycles. The maximum Gasteiger partial charge on any atom is 0.242 e. The minimum Gasteiger partial charge on any atom is -0.464 e. The lowest BCUT2D eigenvalue weighted by Crippen LogP contribution is -2.31. The number of aromatic nitrogens is 1. The second-order valence-electron chi connectivity index (χ2n) is 4.48. The molecule has 0 bridgehead atoms. The van der Waals surface area contributed by atoms with Gasteiger partial charge in [0.1, 0.15) is 22.5 Å². The molecule has 1 unspecified atom stereocenters. The van der Waals surface area contributed by atoms with Crippen LogP contribution >= 0.6 is 0 Å². The Morgan fingerprint density at radius 3 is 2.76 bits per heavy atom. The summed E-state index contributed by atoms with van der Waals surface area (Å²) in [7, 11) is -2.17. The van der Waals surface area contributed by atoms with Gasteiger partial charge in [0.25, 0.3) is 0 Å². The lowest BCUT2D eigenvalue weighted by Gasteiger charge is -2.15. The van der Waals surface area contributed by atoms with E-state index in [0.717, 1.165) is 12.2 Å². The highest BCUT2D eigenvalue weighted by molar-refractivity contribution is 7.89. The van der Waals surface area contributed by atoms with Crippen molar-refractivity contribution >= 4 is 10.0 Å². The van der Waals surface area contributed by atoms with E-state index in [0.29, 0.717) is 5.76 Å². The number of rotatable bonds is 7. The Morgan fingerprint density at radius 2 is 2.19 bits per heavy atom. The van der Waals surface area contributed by atoms with Crippen LogP contribution in [0.4, 0.5) is 0 Å². The fourth-order valence-electron chi connectivity index (χ4n) is 1.87. The first-order valence-corrected chi connectivity index (χ1v) is 8.05. The fourth-order valence-corrected chi connectivity index (χ4v) is 3.03. The number of furan rings is 1. The lowest BCUT2D eigenvalue weighted by atomic mass is 10.2. The SMILES string of the molecule is CCc1ccc(C(COC)NS(=O)(=O)c2cccnc2)o1. The summed E-state index contributed by atoms with van der Waals surface area (Å²) in [6, 6.07) is 6.06. The van der Waals surface area contributed by atoms with Gasteiger partial charge in [0.2, 0.25) is 10.0 Å². The lowest BCUT2D eigenvalue weighted by molar-refractivity contribution is 0.166. The van der Waals surface area contributed by atoms with Crippen molar-refractivity contribution < 1.29 is 17.6 Å². The topological polar surface area (TPSA) is 81.4 Å². The number of sulfonamides is 1. The van der Waals surface area contributed by atoms with Gasteiger partial charge in [0.05, 0.1) is 6.61 Å². The fraction of sp³-hybridized carbons (Fsp3) is 0.357. The van der Waals surface area contributed by atoms with Crippen LogP contribution in [0.3, 0.4) is 0 Å². The summed E-state index contributed by atoms with van der Waals surface area (Å²) in [4.78, 5) is 3.93. The molecule has 0 radical (unpaired) electrons. The summed E-state index contributed by atoms with van der Waals surface area (Å²) in [5.74, 6) is 1.33. The Kier molecular flexibility index (Phi) is 5.11. The Hall–Kier alpha value is -1.70. The number of pyridine rings is 1. The molecule has 2 aromatic rings. The Bertz CT molecular complexity index is 667. The van der Waals surface area contributed by atoms with E-state index in [1.54, 1.807) is 12.1 Å². The maximum atomic E-state index is 12.3. The van der Waals surface area contributed by atoms with Crippen molar-refractivity contribution in [3.63, 3.8) is 0 Å². The standard InChI is InChI=1S/C14H18N2O4S/c1-3-11-6-7-14(20-11)13(10-19-2)16-21(17,18)12-5-4-8-15-9-12/h4-9,13,16H,3,10H2,1-2H3. The largest absolute Gasteiger partial charge is 0.464 e. The van der Waals surface area contributed by atoms with Gasteiger partial charge in [0, 0.05) is 25.9 Å². The van der Waals surface area contributed by atoms with Crippen LogP contribution in [0.25, 0.3) is 0 Å². The number of hydrogen-bond donors (Lipinski definition) is 1. The predicted octanol–water partition coefficient (Wildman–Crippen LogP) is 1.90. The first-order chi connectivity index (χ1) is 10.1. The molecule has 0 saturated carbocycles. The molecule has 6 nitrogen and oxygen atoms in total. The molecular formula is C14H18N2O4S. The molecule has 0 amide bonds. The molecule has 0 aromatic carbocycles. The van der Waals surface area contributed by atoms with Crippen molar-refractivity contribution in [2.24, 2.45) is 0 Å². The number of methoxy groups -OCH3 is 1. The quantitative estimate of drug-likeness (QED) is 0.844. The summed E-state index contributed by atoms with van der Waals surface area (Å²) in [6.07, 6.45) is 3.56. The monoisotopic (exact) mass is 310 g/mol. The van der Waals surface area contributed by atoms with Gasteiger partial charge < -0.3 is 9.15 Å². The first-order valence-electron chi connectivity index (χ1n) is 6.56. The number of nitrogens with one attached hydrogen (secondary N) is 1. The summed E-state index contributed by atoms with van der Waals surface area (Å²) < 4.78 is 37.9. The molecule has 2 heterocycles. The van der Waals surface area contributed by atoms with Crippen molar-refractivity contribution in [3.8, 4) is 0 Å². The highest BCUT2D eigenvalue weighted by Crippen LogP contribution is 2.20. The zero-order chi connectivity index (χ0) is 15.3. The molecule has 2 aromatic heterocycles. The summed E-state index contributed by atoms with van der Waals surface area (Å²) in [5, 5.41) is 0. The molecule has 21 heavy (non-hydrogen) atoms. The summed E-state index contributed by atoms with van der Waals surface area (Å²) >= 11 is 0. The normalized spacial score (nSPS) is 13.2. The van der Waals surface area contributed by atoms with Crippen LogP contribution in [0.15, 0.2) is 46.0 Å². The highest BCUT2D eigenvalue weighted by atomic mass is 32.2. The molecule has 0 spiro atoms. The van der Waals surface area contributed by atoms with Crippen LogP contribution in [-0.2, 0) is 21.2 Å². The Balaban J connectivity index is 2.23. The van der Waals surface area contributed by atoms with Crippen LogP contribution in [-0.4, -0.2) is 27.1 Å². The van der Waals surface area contributed by atoms with Crippen molar-refractivity contribution in [2.45, 2.75) is 24.3 Å². The van der Waals surface area contributed by atoms with E-state index in [2.05, 4.69) is 9.71 Å². The van der Waals surface area contributed by atoms with E-state index < -0.39 is 16.1 Å². The van der Waals surface area contributed by atoms with Crippen molar-refractivity contribution in [1.29, 1.82) is 0 Å². The average molecular weight is 310 g/mol. The van der Waals surface area contributed by atoms with Gasteiger partial charge in [-0.15, -0.1) is 0 Å². The molecule has 0 aliphatic heterocycles. The summed E-state index contributed by atoms with van der Waals surface area (Å²) in [5.41, 5.74) is 0. The third-order valence-electron chi connectivity index (χ3n) is 2.95. The molecule has 0 fully saturated rings. The zero-order valence-electron chi connectivity index (χ0n) is 11.9. The molecule has 7 heteroatoms. The second-order valence-corrected chi connectivity index (χ2v) is 6.19. The van der Waals surface area contributed by atoms with E-state index in [1.165, 1.54) is 25.6 Å². The molecule has 1 atom stereocenters. The zero-order valence-corrected chi connectivity index (χ0v) is 12.8. The minimum absolute atomic E-state index is 0.105. The second kappa shape index (κ2) is 6.84. The van der Waals surface area contributed by atoms with E-state index in [4.69, 9.17) is 9.15 Å². The van der Waals surface area contributed by atoms with Gasteiger partial charge in [-0.05, 0) is 24.3 Å². The third kappa shape index (κ3) is 3.90. The van der Waals surface area contributed by atoms with Crippen LogP contribution in [0, 0.1) is 0 Å². The van der Waals surface area contributed by atoms with Gasteiger partial charge >= 0.3 is 0 Å². The number of aryl methyl sites for hydroxylation is 1.